The first-order valence-electron chi connectivity index (χ1n) is 48.9. The van der Waals surface area contributed by atoms with E-state index in [2.05, 4.69) is 460 Å². The summed E-state index contributed by atoms with van der Waals surface area (Å²) in [4.78, 5) is 0. The van der Waals surface area contributed by atoms with Crippen LogP contribution < -0.4 is 4.74 Å². The summed E-state index contributed by atoms with van der Waals surface area (Å²) in [5, 5.41) is 1.71. The third-order valence-corrected chi connectivity index (χ3v) is 26.1. The number of benzene rings is 11. The third-order valence-electron chi connectivity index (χ3n) is 25.4. The van der Waals surface area contributed by atoms with Crippen molar-refractivity contribution in [3.63, 3.8) is 0 Å². The highest BCUT2D eigenvalue weighted by molar-refractivity contribution is 6.31. The van der Waals surface area contributed by atoms with Gasteiger partial charge in [0.15, 0.2) is 0 Å². The lowest BCUT2D eigenvalue weighted by Crippen LogP contribution is -2.07. The Morgan fingerprint density at radius 3 is 0.672 bits per heavy atom. The van der Waals surface area contributed by atoms with E-state index >= 15 is 0 Å². The Kier molecular flexibility index (Phi) is 47.3. The molecule has 3 heteroatoms. The molecule has 0 aliphatic rings. The maximum atomic E-state index is 6.36. The molecule has 0 N–H and O–H groups in total. The van der Waals surface area contributed by atoms with Crippen LogP contribution in [0.25, 0.3) is 0 Å². The molecule has 11 aromatic carbocycles. The smallest absolute Gasteiger partial charge is 0.127 e. The molecule has 0 aliphatic heterocycles. The highest BCUT2D eigenvalue weighted by Crippen LogP contribution is 2.38. The van der Waals surface area contributed by atoms with Crippen molar-refractivity contribution >= 4 is 23.2 Å². The van der Waals surface area contributed by atoms with Crippen molar-refractivity contribution in [1.29, 1.82) is 0 Å². The van der Waals surface area contributed by atoms with Crippen LogP contribution in [0.1, 0.15) is 478 Å². The van der Waals surface area contributed by atoms with E-state index < -0.39 is 0 Å². The van der Waals surface area contributed by atoms with Gasteiger partial charge in [-0.05, 0) is 368 Å². The van der Waals surface area contributed by atoms with Crippen molar-refractivity contribution in [3.8, 4) is 11.5 Å². The molecule has 0 saturated carbocycles. The lowest BCUT2D eigenvalue weighted by atomic mass is 9.81. The summed E-state index contributed by atoms with van der Waals surface area (Å²) in [6.07, 6.45) is 1.88. The van der Waals surface area contributed by atoms with Crippen molar-refractivity contribution in [2.75, 3.05) is 0 Å². The molecule has 1 nitrogen and oxygen atoms in total. The molecule has 11 aromatic rings. The Labute approximate surface area is 796 Å². The van der Waals surface area contributed by atoms with Crippen LogP contribution in [0.2, 0.25) is 10.0 Å². The second kappa shape index (κ2) is 54.0. The van der Waals surface area contributed by atoms with Gasteiger partial charge in [0, 0.05) is 10.0 Å². The topological polar surface area (TPSA) is 9.23 Å². The zero-order chi connectivity index (χ0) is 96.7. The summed E-state index contributed by atoms with van der Waals surface area (Å²) in [6, 6.07) is 72.4. The largest absolute Gasteiger partial charge is 0.457 e. The van der Waals surface area contributed by atoms with E-state index in [1.165, 1.54) is 139 Å². The summed E-state index contributed by atoms with van der Waals surface area (Å²) >= 11 is 12.7. The van der Waals surface area contributed by atoms with Crippen molar-refractivity contribution in [2.45, 2.75) is 391 Å². The van der Waals surface area contributed by atoms with Crippen LogP contribution in [0.15, 0.2) is 200 Å². The number of ether oxygens (including phenoxy) is 1. The zero-order valence-electron chi connectivity index (χ0n) is 88.4. The summed E-state index contributed by atoms with van der Waals surface area (Å²) in [5.74, 6) is 11.4. The van der Waals surface area contributed by atoms with Gasteiger partial charge in [0.1, 0.15) is 11.5 Å². The van der Waals surface area contributed by atoms with E-state index in [1.54, 1.807) is 22.3 Å². The van der Waals surface area contributed by atoms with E-state index in [9.17, 15) is 0 Å². The summed E-state index contributed by atoms with van der Waals surface area (Å²) in [6.45, 7) is 91.8. The minimum Gasteiger partial charge on any atom is -0.457 e. The standard InChI is InChI=1S/C19H22Cl2.C19H24.C18H22O.C16H26.C15H24.2C13H20.C12H18/c1-12(2)16-7-5-14(10-18(16)20)9-15-6-8-17(13(3)4)19(21)11-15;1-14(2)18-9-5-16(6-10-18)13-17-7-11-19(12-8-17)15(3)4;1-13(2)15-5-9-17(10-6-15)19-18-11-7-16(8-12-18)14(3)4;1-9(2)15-11(5)13(7)16(10(3)4)14(8)12(15)6;1-9(2)14-11(5)8-12(6)15(10(3)4)13(14)7;1-9(2)12-6-7-13(10(3)4)11(5)8-12;1-9(2)12-7-6-11(5)13(8-12)10(3)4;1-9(2)11-5-7-12(8-6-11)10(3)4/h5-8,10-13H,9H2,1-4H3;5-12,14-15H,13H2,1-4H3;5-14H,1-4H3;9-10H,1-8H3;8-10H,1-7H3;2*6-10H,1-5H3;5-10H,1-4H3. The van der Waals surface area contributed by atoms with Gasteiger partial charge < -0.3 is 4.74 Å². The maximum absolute atomic E-state index is 6.36. The van der Waals surface area contributed by atoms with Crippen LogP contribution in [-0.4, -0.2) is 0 Å². The summed E-state index contributed by atoms with van der Waals surface area (Å²) in [5.41, 5.74) is 41.3. The average molecular weight is 1770 g/mol. The molecule has 0 atom stereocenters. The van der Waals surface area contributed by atoms with Gasteiger partial charge in [0.25, 0.3) is 0 Å². The lowest BCUT2D eigenvalue weighted by Gasteiger charge is -2.24. The Balaban J connectivity index is 0.000000309. The van der Waals surface area contributed by atoms with Crippen LogP contribution in [0.5, 0.6) is 11.5 Å². The number of halogens is 2. The molecule has 0 amide bonds. The number of hydrogen-bond donors (Lipinski definition) is 0. The zero-order valence-corrected chi connectivity index (χ0v) is 89.9. The highest BCUT2D eigenvalue weighted by Gasteiger charge is 2.20. The molecule has 0 radical (unpaired) electrons. The van der Waals surface area contributed by atoms with Gasteiger partial charge in [0.05, 0.1) is 0 Å². The summed E-state index contributed by atoms with van der Waals surface area (Å²) in [7, 11) is 0. The molecule has 0 aromatic heterocycles. The van der Waals surface area contributed by atoms with Gasteiger partial charge >= 0.3 is 0 Å². The molecule has 0 heterocycles. The minimum absolute atomic E-state index is 0.450. The van der Waals surface area contributed by atoms with E-state index in [0.29, 0.717) is 94.7 Å². The molecule has 0 aliphatic carbocycles. The van der Waals surface area contributed by atoms with Gasteiger partial charge in [-0.1, -0.05) is 409 Å². The van der Waals surface area contributed by atoms with Gasteiger partial charge in [-0.2, -0.15) is 0 Å². The Bertz CT molecular complexity index is 4710. The number of aryl methyl sites for hydroxylation is 4. The normalized spacial score (nSPS) is 11.3. The van der Waals surface area contributed by atoms with Crippen LogP contribution in [0.4, 0.5) is 0 Å². The maximum Gasteiger partial charge on any atom is 0.127 e. The Morgan fingerprint density at radius 1 is 0.180 bits per heavy atom. The molecule has 128 heavy (non-hydrogen) atoms. The first-order valence-corrected chi connectivity index (χ1v) is 49.7. The second-order valence-electron chi connectivity index (χ2n) is 41.5. The average Bonchev–Trinajstić information content (AvgIpc) is 0.780. The third kappa shape index (κ3) is 35.2. The van der Waals surface area contributed by atoms with Gasteiger partial charge in [0.2, 0.25) is 0 Å². The highest BCUT2D eigenvalue weighted by atomic mass is 35.5. The molecule has 0 spiro atoms. The molecule has 11 rings (SSSR count). The second-order valence-corrected chi connectivity index (χ2v) is 42.3. The van der Waals surface area contributed by atoms with Crippen LogP contribution in [0.3, 0.4) is 0 Å². The minimum atomic E-state index is 0.450. The molecule has 0 fully saturated rings. The first kappa shape index (κ1) is 112. The van der Waals surface area contributed by atoms with Crippen molar-refractivity contribution in [2.24, 2.45) is 0 Å². The van der Waals surface area contributed by atoms with Gasteiger partial charge in [-0.25, -0.2) is 0 Å². The van der Waals surface area contributed by atoms with E-state index in [0.717, 1.165) is 34.4 Å². The van der Waals surface area contributed by atoms with Gasteiger partial charge in [-0.15, -0.1) is 0 Å². The summed E-state index contributed by atoms with van der Waals surface area (Å²) < 4.78 is 5.85. The first-order chi connectivity index (χ1) is 59.8. The fourth-order valence-corrected chi connectivity index (χ4v) is 18.3. The predicted molar refractivity (Wildman–Crippen MR) is 575 cm³/mol. The van der Waals surface area contributed by atoms with Crippen molar-refractivity contribution in [1.82, 2.24) is 0 Å². The van der Waals surface area contributed by atoms with Crippen LogP contribution >= 0.6 is 23.2 Å². The Morgan fingerprint density at radius 2 is 0.414 bits per heavy atom. The quantitative estimate of drug-likeness (QED) is 0.0657. The van der Waals surface area contributed by atoms with Crippen LogP contribution in [0, 0.1) is 62.3 Å². The fraction of sp³-hybridized carbons (Fsp3) is 0.472. The van der Waals surface area contributed by atoms with Crippen molar-refractivity contribution in [3.05, 3.63) is 372 Å². The molecule has 696 valence electrons. The van der Waals surface area contributed by atoms with E-state index in [4.69, 9.17) is 27.9 Å². The predicted octanol–water partition coefficient (Wildman–Crippen LogP) is 40.5. The number of rotatable bonds is 22. The SMILES string of the molecule is CC(C)c1ccc(C(C)C)cc1.CC(C)c1ccc(Cc2ccc(C(C)C)c(Cl)c2)cc1Cl.CC(C)c1ccc(Cc2ccc(C(C)C)cc2)cc1.CC(C)c1ccc(Oc2ccc(C(C)C)cc2)cc1.Cc1c(C)c(C(C)C)c(C)c(C)c1C(C)C.Cc1cc(C(C)C)ccc1C(C)C.Cc1cc(C)c(C(C)C)c(C)c1C(C)C.Cc1ccc(C(C)C)cc1C(C)C. The van der Waals surface area contributed by atoms with E-state index in [-0.39, 0.29) is 0 Å². The Hall–Kier alpha value is -8.20. The molecule has 0 bridgehead atoms. The number of hydrogen-bond acceptors (Lipinski definition) is 1. The monoisotopic (exact) mass is 1760 g/mol. The fourth-order valence-electron chi connectivity index (χ4n) is 17.5. The van der Waals surface area contributed by atoms with Crippen LogP contribution in [-0.2, 0) is 12.8 Å². The lowest BCUT2D eigenvalue weighted by molar-refractivity contribution is 0.482. The molecule has 0 saturated heterocycles. The van der Waals surface area contributed by atoms with Crippen molar-refractivity contribution < 1.29 is 4.74 Å². The molecular formula is C125H176Cl2O. The van der Waals surface area contributed by atoms with Gasteiger partial charge in [-0.3, -0.25) is 0 Å². The van der Waals surface area contributed by atoms with E-state index in [1.807, 2.05) is 24.3 Å². The molecule has 0 unspecified atom stereocenters. The molecular weight excluding hydrogens is 1590 g/mol.